The molecule has 0 saturated carbocycles. The average Bonchev–Trinajstić information content (AvgIpc) is 2.16. The van der Waals surface area contributed by atoms with Crippen molar-refractivity contribution in [2.75, 3.05) is 7.05 Å². The topological polar surface area (TPSA) is 44.2 Å². The summed E-state index contributed by atoms with van der Waals surface area (Å²) in [7, 11) is 1.57. The van der Waals surface area contributed by atoms with Crippen LogP contribution in [0.3, 0.4) is 0 Å². The summed E-state index contributed by atoms with van der Waals surface area (Å²) in [4.78, 5) is 11.7. The molecule has 0 fully saturated rings. The quantitative estimate of drug-likeness (QED) is 0.413. The Morgan fingerprint density at radius 2 is 2.08 bits per heavy atom. The van der Waals surface area contributed by atoms with E-state index < -0.39 is 0 Å². The molecule has 13 heavy (non-hydrogen) atoms. The van der Waals surface area contributed by atoms with Crippen molar-refractivity contribution in [3.05, 3.63) is 35.4 Å². The van der Waals surface area contributed by atoms with E-state index in [9.17, 15) is 4.79 Å². The number of hydrogen-bond acceptors (Lipinski definition) is 2. The summed E-state index contributed by atoms with van der Waals surface area (Å²) in [6.45, 7) is 1.92. The first-order chi connectivity index (χ1) is 6.16. The van der Waals surface area contributed by atoms with Crippen LogP contribution in [0.5, 0.6) is 0 Å². The lowest BCUT2D eigenvalue weighted by Crippen LogP contribution is -2.25. The summed E-state index contributed by atoms with van der Waals surface area (Å²) in [5, 5.41) is 7.67. The van der Waals surface area contributed by atoms with Crippen LogP contribution in [-0.2, 0) is 4.79 Å². The Bertz CT molecular complexity index is 333. The summed E-state index contributed by atoms with van der Waals surface area (Å²) >= 11 is 0. The van der Waals surface area contributed by atoms with E-state index in [0.29, 0.717) is 6.41 Å². The maximum Gasteiger partial charge on any atom is 0.215 e. The number of benzene rings is 1. The van der Waals surface area contributed by atoms with Gasteiger partial charge in [0.1, 0.15) is 5.84 Å². The van der Waals surface area contributed by atoms with Crippen molar-refractivity contribution in [1.29, 1.82) is 5.41 Å². The van der Waals surface area contributed by atoms with E-state index in [4.69, 9.17) is 5.41 Å². The number of nitrogens with one attached hydrogen (secondary N) is 1. The Balaban J connectivity index is 3.02. The molecular formula is C10H12N2O. The number of amides is 1. The molecule has 0 unspecified atom stereocenters. The number of rotatable bonds is 2. The summed E-state index contributed by atoms with van der Waals surface area (Å²) in [6.07, 6.45) is 0.634. The molecule has 1 amide bonds. The van der Waals surface area contributed by atoms with E-state index in [1.165, 1.54) is 4.90 Å². The maximum absolute atomic E-state index is 10.4. The Morgan fingerprint density at radius 1 is 1.46 bits per heavy atom. The predicted molar refractivity (Wildman–Crippen MR) is 51.8 cm³/mol. The molecule has 0 aliphatic carbocycles. The molecule has 0 heterocycles. The molecule has 0 saturated heterocycles. The number of nitrogens with zero attached hydrogens (tertiary/aromatic N) is 1. The molecule has 1 N–H and O–H groups in total. The van der Waals surface area contributed by atoms with Gasteiger partial charge in [0, 0.05) is 12.6 Å². The van der Waals surface area contributed by atoms with Gasteiger partial charge >= 0.3 is 0 Å². The molecule has 0 aliphatic heterocycles. The zero-order valence-electron chi connectivity index (χ0n) is 7.74. The van der Waals surface area contributed by atoms with Crippen molar-refractivity contribution in [3.63, 3.8) is 0 Å². The van der Waals surface area contributed by atoms with Crippen LogP contribution in [0.1, 0.15) is 11.1 Å². The predicted octanol–water partition coefficient (Wildman–Crippen LogP) is 1.41. The average molecular weight is 176 g/mol. The molecule has 0 bridgehead atoms. The minimum atomic E-state index is 0.230. The standard InChI is InChI=1S/C10H12N2O/c1-8-5-3-4-6-9(8)10(11)12(2)7-13/h3-7,11H,1-2H3. The van der Waals surface area contributed by atoms with Gasteiger partial charge in [-0.05, 0) is 12.5 Å². The molecule has 3 nitrogen and oxygen atoms in total. The summed E-state index contributed by atoms with van der Waals surface area (Å²) in [6, 6.07) is 7.52. The lowest BCUT2D eigenvalue weighted by molar-refractivity contribution is -0.114. The number of aryl methyl sites for hydroxylation is 1. The highest BCUT2D eigenvalue weighted by atomic mass is 16.1. The summed E-state index contributed by atoms with van der Waals surface area (Å²) in [5.41, 5.74) is 1.79. The van der Waals surface area contributed by atoms with Gasteiger partial charge in [0.2, 0.25) is 6.41 Å². The van der Waals surface area contributed by atoms with Gasteiger partial charge < -0.3 is 4.90 Å². The second-order valence-corrected chi connectivity index (χ2v) is 2.88. The van der Waals surface area contributed by atoms with Crippen molar-refractivity contribution in [2.45, 2.75) is 6.92 Å². The van der Waals surface area contributed by atoms with Gasteiger partial charge in [0.15, 0.2) is 0 Å². The molecule has 0 aromatic heterocycles. The van der Waals surface area contributed by atoms with E-state index in [1.54, 1.807) is 7.05 Å². The summed E-state index contributed by atoms with van der Waals surface area (Å²) in [5.74, 6) is 0.230. The number of amidine groups is 1. The van der Waals surface area contributed by atoms with Crippen molar-refractivity contribution >= 4 is 12.2 Å². The van der Waals surface area contributed by atoms with Gasteiger partial charge in [-0.3, -0.25) is 10.2 Å². The minimum Gasteiger partial charge on any atom is -0.303 e. The first kappa shape index (κ1) is 9.45. The van der Waals surface area contributed by atoms with Crippen LogP contribution < -0.4 is 0 Å². The molecule has 1 aromatic rings. The molecule has 0 radical (unpaired) electrons. The van der Waals surface area contributed by atoms with Gasteiger partial charge in [-0.2, -0.15) is 0 Å². The van der Waals surface area contributed by atoms with Gasteiger partial charge in [0.05, 0.1) is 0 Å². The third-order valence-corrected chi connectivity index (χ3v) is 1.91. The van der Waals surface area contributed by atoms with E-state index >= 15 is 0 Å². The van der Waals surface area contributed by atoms with Crippen LogP contribution in [0.25, 0.3) is 0 Å². The minimum absolute atomic E-state index is 0.230. The number of carbonyl (C=O) groups is 1. The highest BCUT2D eigenvalue weighted by Gasteiger charge is 2.07. The first-order valence-corrected chi connectivity index (χ1v) is 3.99. The second kappa shape index (κ2) is 3.85. The van der Waals surface area contributed by atoms with E-state index in [1.807, 2.05) is 31.2 Å². The fraction of sp³-hybridized carbons (Fsp3) is 0.200. The van der Waals surface area contributed by atoms with Gasteiger partial charge in [-0.25, -0.2) is 0 Å². The smallest absolute Gasteiger partial charge is 0.215 e. The molecule has 0 aliphatic rings. The third kappa shape index (κ3) is 1.93. The fourth-order valence-electron chi connectivity index (χ4n) is 1.08. The lowest BCUT2D eigenvalue weighted by atomic mass is 10.1. The van der Waals surface area contributed by atoms with Gasteiger partial charge in [-0.15, -0.1) is 0 Å². The molecule has 1 aromatic carbocycles. The Kier molecular flexibility index (Phi) is 2.80. The zero-order valence-corrected chi connectivity index (χ0v) is 7.74. The van der Waals surface area contributed by atoms with Crippen LogP contribution in [0.4, 0.5) is 0 Å². The SMILES string of the molecule is Cc1ccccc1C(=N)N(C)C=O. The van der Waals surface area contributed by atoms with Crippen LogP contribution >= 0.6 is 0 Å². The fourth-order valence-corrected chi connectivity index (χ4v) is 1.08. The highest BCUT2D eigenvalue weighted by Crippen LogP contribution is 2.08. The molecular weight excluding hydrogens is 164 g/mol. The van der Waals surface area contributed by atoms with Crippen LogP contribution in [0, 0.1) is 12.3 Å². The first-order valence-electron chi connectivity index (χ1n) is 3.99. The van der Waals surface area contributed by atoms with E-state index in [-0.39, 0.29) is 5.84 Å². The molecule has 0 atom stereocenters. The van der Waals surface area contributed by atoms with Crippen molar-refractivity contribution < 1.29 is 4.79 Å². The van der Waals surface area contributed by atoms with E-state index in [0.717, 1.165) is 11.1 Å². The number of hydrogen-bond donors (Lipinski definition) is 1. The number of carbonyl (C=O) groups excluding carboxylic acids is 1. The van der Waals surface area contributed by atoms with E-state index in [2.05, 4.69) is 0 Å². The Hall–Kier alpha value is -1.64. The van der Waals surface area contributed by atoms with Crippen LogP contribution in [-0.4, -0.2) is 24.2 Å². The highest BCUT2D eigenvalue weighted by molar-refractivity contribution is 6.02. The molecule has 68 valence electrons. The molecule has 0 spiro atoms. The molecule has 3 heteroatoms. The second-order valence-electron chi connectivity index (χ2n) is 2.88. The van der Waals surface area contributed by atoms with Crippen molar-refractivity contribution in [1.82, 2.24) is 4.90 Å². The van der Waals surface area contributed by atoms with Crippen LogP contribution in [0.15, 0.2) is 24.3 Å². The summed E-state index contributed by atoms with van der Waals surface area (Å²) < 4.78 is 0. The van der Waals surface area contributed by atoms with Crippen LogP contribution in [0.2, 0.25) is 0 Å². The molecule has 1 rings (SSSR count). The van der Waals surface area contributed by atoms with Gasteiger partial charge in [-0.1, -0.05) is 24.3 Å². The third-order valence-electron chi connectivity index (χ3n) is 1.91. The Labute approximate surface area is 77.5 Å². The Morgan fingerprint density at radius 3 is 2.62 bits per heavy atom. The van der Waals surface area contributed by atoms with Crippen molar-refractivity contribution in [3.8, 4) is 0 Å². The zero-order chi connectivity index (χ0) is 9.84. The van der Waals surface area contributed by atoms with Crippen molar-refractivity contribution in [2.24, 2.45) is 0 Å². The monoisotopic (exact) mass is 176 g/mol. The maximum atomic E-state index is 10.4. The lowest BCUT2D eigenvalue weighted by Gasteiger charge is -2.13. The normalized spacial score (nSPS) is 9.38. The van der Waals surface area contributed by atoms with Gasteiger partial charge in [0.25, 0.3) is 0 Å². The largest absolute Gasteiger partial charge is 0.303 e.